The third-order valence-electron chi connectivity index (χ3n) is 3.19. The maximum absolute atomic E-state index is 12.4. The SMILES string of the molecule is COc1cc(OS(=O)(=O)c2ccc(=O)n(C)c2)cc(OC)c1OC. The van der Waals surface area contributed by atoms with E-state index in [9.17, 15) is 13.2 Å². The monoisotopic (exact) mass is 355 g/mol. The van der Waals surface area contributed by atoms with Crippen molar-refractivity contribution in [3.05, 3.63) is 40.8 Å². The van der Waals surface area contributed by atoms with Crippen LogP contribution in [0.15, 0.2) is 40.2 Å². The van der Waals surface area contributed by atoms with Gasteiger partial charge in [-0.25, -0.2) is 0 Å². The normalized spacial score (nSPS) is 11.0. The standard InChI is InChI=1S/C15H17NO7S/c1-16-9-11(5-6-14(16)17)24(18,19)23-10-7-12(20-2)15(22-4)13(8-10)21-3/h5-9H,1-4H3. The average Bonchev–Trinajstić information content (AvgIpc) is 2.55. The molecule has 0 radical (unpaired) electrons. The molecular weight excluding hydrogens is 338 g/mol. The Bertz CT molecular complexity index is 877. The van der Waals surface area contributed by atoms with E-state index in [0.717, 1.165) is 10.6 Å². The number of ether oxygens (including phenoxy) is 3. The van der Waals surface area contributed by atoms with Crippen molar-refractivity contribution in [3.8, 4) is 23.0 Å². The fourth-order valence-corrected chi connectivity index (χ4v) is 2.96. The fraction of sp³-hybridized carbons (Fsp3) is 0.267. The smallest absolute Gasteiger partial charge is 0.340 e. The lowest BCUT2D eigenvalue weighted by molar-refractivity contribution is 0.322. The number of benzene rings is 1. The molecule has 0 saturated heterocycles. The van der Waals surface area contributed by atoms with Gasteiger partial charge in [0.2, 0.25) is 11.3 Å². The largest absolute Gasteiger partial charge is 0.493 e. The molecule has 130 valence electrons. The number of rotatable bonds is 6. The van der Waals surface area contributed by atoms with Gasteiger partial charge in [0, 0.05) is 31.4 Å². The molecule has 0 N–H and O–H groups in total. The molecule has 8 nitrogen and oxygen atoms in total. The van der Waals surface area contributed by atoms with Gasteiger partial charge in [-0.2, -0.15) is 8.42 Å². The van der Waals surface area contributed by atoms with Crippen LogP contribution in [0.25, 0.3) is 0 Å². The van der Waals surface area contributed by atoms with Crippen LogP contribution in [0.2, 0.25) is 0 Å². The van der Waals surface area contributed by atoms with E-state index in [1.165, 1.54) is 52.8 Å². The summed E-state index contributed by atoms with van der Waals surface area (Å²) in [5.41, 5.74) is -0.332. The van der Waals surface area contributed by atoms with Crippen LogP contribution >= 0.6 is 0 Å². The molecule has 0 spiro atoms. The first-order chi connectivity index (χ1) is 11.3. The Morgan fingerprint density at radius 2 is 1.54 bits per heavy atom. The third-order valence-corrected chi connectivity index (χ3v) is 4.42. The zero-order valence-electron chi connectivity index (χ0n) is 13.6. The van der Waals surface area contributed by atoms with E-state index in [1.807, 2.05) is 0 Å². The van der Waals surface area contributed by atoms with Crippen molar-refractivity contribution in [3.63, 3.8) is 0 Å². The van der Waals surface area contributed by atoms with Crippen molar-refractivity contribution in [2.75, 3.05) is 21.3 Å². The van der Waals surface area contributed by atoms with Crippen molar-refractivity contribution in [2.24, 2.45) is 7.05 Å². The van der Waals surface area contributed by atoms with Crippen molar-refractivity contribution in [1.82, 2.24) is 4.57 Å². The Morgan fingerprint density at radius 3 is 2.00 bits per heavy atom. The van der Waals surface area contributed by atoms with Crippen molar-refractivity contribution < 1.29 is 26.8 Å². The Hall–Kier alpha value is -2.68. The Balaban J connectivity index is 2.45. The molecule has 0 unspecified atom stereocenters. The summed E-state index contributed by atoms with van der Waals surface area (Å²) < 4.78 is 46.5. The van der Waals surface area contributed by atoms with Gasteiger partial charge in [0.15, 0.2) is 17.2 Å². The quantitative estimate of drug-likeness (QED) is 0.718. The lowest BCUT2D eigenvalue weighted by Crippen LogP contribution is -2.18. The number of nitrogens with zero attached hydrogens (tertiary/aromatic N) is 1. The topological polar surface area (TPSA) is 93.1 Å². The molecule has 2 aromatic rings. The summed E-state index contributed by atoms with van der Waals surface area (Å²) >= 11 is 0. The predicted octanol–water partition coefficient (Wildman–Crippen LogP) is 1.18. The lowest BCUT2D eigenvalue weighted by atomic mass is 10.2. The molecule has 1 heterocycles. The van der Waals surface area contributed by atoms with E-state index < -0.39 is 10.1 Å². The molecule has 0 fully saturated rings. The van der Waals surface area contributed by atoms with Gasteiger partial charge in [-0.15, -0.1) is 0 Å². The maximum Gasteiger partial charge on any atom is 0.340 e. The second-order valence-electron chi connectivity index (χ2n) is 4.71. The molecule has 0 saturated carbocycles. The Morgan fingerprint density at radius 1 is 0.958 bits per heavy atom. The summed E-state index contributed by atoms with van der Waals surface area (Å²) in [6.07, 6.45) is 1.18. The zero-order chi connectivity index (χ0) is 17.9. The van der Waals surface area contributed by atoms with E-state index in [4.69, 9.17) is 18.4 Å². The summed E-state index contributed by atoms with van der Waals surface area (Å²) in [4.78, 5) is 11.2. The van der Waals surface area contributed by atoms with Gasteiger partial charge >= 0.3 is 10.1 Å². The van der Waals surface area contributed by atoms with Crippen molar-refractivity contribution >= 4 is 10.1 Å². The molecule has 0 atom stereocenters. The minimum atomic E-state index is -4.13. The van der Waals surface area contributed by atoms with E-state index in [1.54, 1.807) is 0 Å². The van der Waals surface area contributed by atoms with Crippen LogP contribution in [0.5, 0.6) is 23.0 Å². The summed E-state index contributed by atoms with van der Waals surface area (Å²) in [5.74, 6) is 0.801. The first kappa shape index (κ1) is 17.7. The minimum absolute atomic E-state index is 0.0154. The predicted molar refractivity (Wildman–Crippen MR) is 85.6 cm³/mol. The van der Waals surface area contributed by atoms with Gasteiger partial charge in [-0.05, 0) is 6.07 Å². The number of aromatic nitrogens is 1. The van der Waals surface area contributed by atoms with Crippen LogP contribution in [-0.2, 0) is 17.2 Å². The van der Waals surface area contributed by atoms with Gasteiger partial charge in [-0.1, -0.05) is 0 Å². The van der Waals surface area contributed by atoms with Gasteiger partial charge in [0.05, 0.1) is 21.3 Å². The van der Waals surface area contributed by atoms with Crippen LogP contribution in [-0.4, -0.2) is 34.3 Å². The number of pyridine rings is 1. The molecule has 0 aliphatic heterocycles. The molecule has 0 bridgehead atoms. The van der Waals surface area contributed by atoms with Crippen molar-refractivity contribution in [1.29, 1.82) is 0 Å². The molecule has 2 rings (SSSR count). The number of methoxy groups -OCH3 is 3. The summed E-state index contributed by atoms with van der Waals surface area (Å²) in [5, 5.41) is 0. The second kappa shape index (κ2) is 6.83. The minimum Gasteiger partial charge on any atom is -0.493 e. The average molecular weight is 355 g/mol. The van der Waals surface area contributed by atoms with Crippen LogP contribution in [0.3, 0.4) is 0 Å². The summed E-state index contributed by atoms with van der Waals surface area (Å²) in [6.45, 7) is 0. The number of hydrogen-bond acceptors (Lipinski definition) is 7. The summed E-state index contributed by atoms with van der Waals surface area (Å²) in [6, 6.07) is 5.04. The number of hydrogen-bond donors (Lipinski definition) is 0. The molecule has 1 aromatic carbocycles. The highest BCUT2D eigenvalue weighted by molar-refractivity contribution is 7.87. The van der Waals surface area contributed by atoms with Crippen molar-refractivity contribution in [2.45, 2.75) is 4.90 Å². The molecule has 0 amide bonds. The fourth-order valence-electron chi connectivity index (χ4n) is 2.00. The second-order valence-corrected chi connectivity index (χ2v) is 6.26. The molecular formula is C15H17NO7S. The van der Waals surface area contributed by atoms with Gasteiger partial charge in [0.25, 0.3) is 0 Å². The lowest BCUT2D eigenvalue weighted by Gasteiger charge is -2.14. The third kappa shape index (κ3) is 3.46. The number of aryl methyl sites for hydroxylation is 1. The molecule has 0 aliphatic carbocycles. The van der Waals surface area contributed by atoms with E-state index in [0.29, 0.717) is 5.75 Å². The molecule has 9 heteroatoms. The Labute approximate surface area is 139 Å². The van der Waals surface area contributed by atoms with Gasteiger partial charge in [0.1, 0.15) is 4.90 Å². The first-order valence-corrected chi connectivity index (χ1v) is 8.14. The van der Waals surface area contributed by atoms with E-state index in [2.05, 4.69) is 0 Å². The van der Waals surface area contributed by atoms with Crippen LogP contribution < -0.4 is 24.0 Å². The Kier molecular flexibility index (Phi) is 5.03. The van der Waals surface area contributed by atoms with Crippen LogP contribution in [0.1, 0.15) is 0 Å². The highest BCUT2D eigenvalue weighted by Gasteiger charge is 2.21. The zero-order valence-corrected chi connectivity index (χ0v) is 14.4. The molecule has 0 aliphatic rings. The molecule has 1 aromatic heterocycles. The van der Waals surface area contributed by atoms with Gasteiger partial charge < -0.3 is 23.0 Å². The highest BCUT2D eigenvalue weighted by Crippen LogP contribution is 2.41. The van der Waals surface area contributed by atoms with Gasteiger partial charge in [-0.3, -0.25) is 4.79 Å². The first-order valence-electron chi connectivity index (χ1n) is 6.73. The van der Waals surface area contributed by atoms with Crippen LogP contribution in [0.4, 0.5) is 0 Å². The van der Waals surface area contributed by atoms with Crippen LogP contribution in [0, 0.1) is 0 Å². The van der Waals surface area contributed by atoms with E-state index >= 15 is 0 Å². The highest BCUT2D eigenvalue weighted by atomic mass is 32.2. The van der Waals surface area contributed by atoms with E-state index in [-0.39, 0.29) is 27.7 Å². The maximum atomic E-state index is 12.4. The summed E-state index contributed by atoms with van der Waals surface area (Å²) in [7, 11) is 1.55. The molecule has 24 heavy (non-hydrogen) atoms.